The molecule has 0 N–H and O–H groups in total. The number of ether oxygens (including phenoxy) is 2. The summed E-state index contributed by atoms with van der Waals surface area (Å²) < 4.78 is 11.6. The van der Waals surface area contributed by atoms with Crippen LogP contribution in [0, 0.1) is 3.57 Å². The van der Waals surface area contributed by atoms with Crippen molar-refractivity contribution in [3.05, 3.63) is 16.0 Å². The lowest BCUT2D eigenvalue weighted by atomic mass is 10.1. The van der Waals surface area contributed by atoms with Crippen molar-refractivity contribution in [2.45, 2.75) is 12.5 Å². The van der Waals surface area contributed by atoms with Gasteiger partial charge in [0.05, 0.1) is 13.2 Å². The average molecular weight is 292 g/mol. The van der Waals surface area contributed by atoms with Gasteiger partial charge < -0.3 is 9.47 Å². The van der Waals surface area contributed by atoms with Crippen LogP contribution < -0.4 is 4.74 Å². The van der Waals surface area contributed by atoms with Gasteiger partial charge in [0, 0.05) is 16.0 Å². The first-order valence-electron chi connectivity index (χ1n) is 3.92. The Hall–Kier alpha value is -0.430. The topological polar surface area (TPSA) is 44.2 Å². The summed E-state index contributed by atoms with van der Waals surface area (Å²) in [5, 5.41) is 0. The quantitative estimate of drug-likeness (QED) is 0.770. The molecule has 0 radical (unpaired) electrons. The van der Waals surface area contributed by atoms with Crippen molar-refractivity contribution >= 4 is 22.6 Å². The van der Waals surface area contributed by atoms with Crippen LogP contribution in [0.15, 0.2) is 12.4 Å². The van der Waals surface area contributed by atoms with E-state index in [-0.39, 0.29) is 5.60 Å². The van der Waals surface area contributed by atoms with E-state index in [1.165, 1.54) is 0 Å². The Morgan fingerprint density at radius 1 is 1.46 bits per heavy atom. The van der Waals surface area contributed by atoms with Gasteiger partial charge in [-0.2, -0.15) is 0 Å². The van der Waals surface area contributed by atoms with Gasteiger partial charge in [0.1, 0.15) is 0 Å². The number of hydrogen-bond donors (Lipinski definition) is 0. The fourth-order valence-corrected chi connectivity index (χ4v) is 1.30. The zero-order chi connectivity index (χ0) is 9.31. The van der Waals surface area contributed by atoms with Crippen LogP contribution in [-0.4, -0.2) is 28.8 Å². The van der Waals surface area contributed by atoms with Crippen molar-refractivity contribution in [1.82, 2.24) is 9.97 Å². The second-order valence-corrected chi connectivity index (χ2v) is 4.47. The zero-order valence-corrected chi connectivity index (χ0v) is 9.32. The Morgan fingerprint density at radius 2 is 2.08 bits per heavy atom. The monoisotopic (exact) mass is 292 g/mol. The van der Waals surface area contributed by atoms with E-state index < -0.39 is 0 Å². The normalized spacial score (nSPS) is 19.2. The maximum atomic E-state index is 5.54. The van der Waals surface area contributed by atoms with E-state index in [1.807, 2.05) is 6.92 Å². The summed E-state index contributed by atoms with van der Waals surface area (Å²) in [6.07, 6.45) is 3.46. The third-order valence-corrected chi connectivity index (χ3v) is 2.31. The standard InChI is InChI=1S/C8H9IN2O2/c1-8(4-12-5-8)13-7-10-2-6(9)3-11-7/h2-3H,4-5H2,1H3. The highest BCUT2D eigenvalue weighted by molar-refractivity contribution is 14.1. The first-order valence-corrected chi connectivity index (χ1v) is 5.00. The fraction of sp³-hybridized carbons (Fsp3) is 0.500. The zero-order valence-electron chi connectivity index (χ0n) is 7.16. The predicted molar refractivity (Wildman–Crippen MR) is 54.6 cm³/mol. The summed E-state index contributed by atoms with van der Waals surface area (Å²) in [4.78, 5) is 8.10. The van der Waals surface area contributed by atoms with Gasteiger partial charge in [-0.05, 0) is 29.5 Å². The van der Waals surface area contributed by atoms with Crippen molar-refractivity contribution in [3.63, 3.8) is 0 Å². The van der Waals surface area contributed by atoms with Crippen molar-refractivity contribution in [2.24, 2.45) is 0 Å². The van der Waals surface area contributed by atoms with Crippen LogP contribution in [0.5, 0.6) is 6.01 Å². The van der Waals surface area contributed by atoms with Crippen LogP contribution in [0.25, 0.3) is 0 Å². The van der Waals surface area contributed by atoms with Gasteiger partial charge in [-0.15, -0.1) is 0 Å². The van der Waals surface area contributed by atoms with Crippen LogP contribution in [0.3, 0.4) is 0 Å². The first kappa shape index (κ1) is 9.14. The van der Waals surface area contributed by atoms with Gasteiger partial charge in [0.25, 0.3) is 0 Å². The molecule has 0 aromatic carbocycles. The van der Waals surface area contributed by atoms with E-state index in [9.17, 15) is 0 Å². The van der Waals surface area contributed by atoms with Gasteiger partial charge in [0.2, 0.25) is 0 Å². The molecule has 1 aromatic rings. The molecule has 1 saturated heterocycles. The first-order chi connectivity index (χ1) is 6.18. The van der Waals surface area contributed by atoms with Crippen molar-refractivity contribution in [3.8, 4) is 6.01 Å². The molecule has 0 saturated carbocycles. The third-order valence-electron chi connectivity index (χ3n) is 1.75. The number of nitrogens with zero attached hydrogens (tertiary/aromatic N) is 2. The Bertz CT molecular complexity index is 298. The molecule has 2 rings (SSSR count). The summed E-state index contributed by atoms with van der Waals surface area (Å²) in [5.41, 5.74) is -0.229. The number of hydrogen-bond acceptors (Lipinski definition) is 4. The van der Waals surface area contributed by atoms with Gasteiger partial charge in [-0.3, -0.25) is 0 Å². The predicted octanol–water partition coefficient (Wildman–Crippen LogP) is 1.25. The lowest BCUT2D eigenvalue weighted by Gasteiger charge is -2.36. The van der Waals surface area contributed by atoms with Crippen LogP contribution >= 0.6 is 22.6 Å². The van der Waals surface area contributed by atoms with Crippen LogP contribution in [0.1, 0.15) is 6.92 Å². The van der Waals surface area contributed by atoms with Crippen molar-refractivity contribution in [1.29, 1.82) is 0 Å². The summed E-state index contributed by atoms with van der Waals surface area (Å²) in [6, 6.07) is 0.422. The minimum Gasteiger partial charge on any atom is -0.452 e. The minimum atomic E-state index is -0.229. The second kappa shape index (κ2) is 3.38. The van der Waals surface area contributed by atoms with Crippen molar-refractivity contribution < 1.29 is 9.47 Å². The van der Waals surface area contributed by atoms with Crippen LogP contribution in [0.4, 0.5) is 0 Å². The molecule has 5 heteroatoms. The molecule has 0 unspecified atom stereocenters. The van der Waals surface area contributed by atoms with Crippen LogP contribution in [-0.2, 0) is 4.74 Å². The molecule has 0 amide bonds. The highest BCUT2D eigenvalue weighted by Gasteiger charge is 2.36. The largest absolute Gasteiger partial charge is 0.452 e. The molecule has 0 bridgehead atoms. The molecular formula is C8H9IN2O2. The van der Waals surface area contributed by atoms with E-state index in [0.29, 0.717) is 19.2 Å². The SMILES string of the molecule is CC1(Oc2ncc(I)cn2)COC1. The van der Waals surface area contributed by atoms with E-state index in [1.54, 1.807) is 12.4 Å². The minimum absolute atomic E-state index is 0.229. The number of aromatic nitrogens is 2. The van der Waals surface area contributed by atoms with E-state index in [2.05, 4.69) is 32.6 Å². The Morgan fingerprint density at radius 3 is 2.54 bits per heavy atom. The van der Waals surface area contributed by atoms with E-state index in [4.69, 9.17) is 9.47 Å². The van der Waals surface area contributed by atoms with Gasteiger partial charge in [-0.25, -0.2) is 9.97 Å². The van der Waals surface area contributed by atoms with Crippen molar-refractivity contribution in [2.75, 3.05) is 13.2 Å². The molecule has 1 aliphatic heterocycles. The third kappa shape index (κ3) is 2.08. The van der Waals surface area contributed by atoms with Gasteiger partial charge >= 0.3 is 6.01 Å². The van der Waals surface area contributed by atoms with E-state index in [0.717, 1.165) is 3.57 Å². The van der Waals surface area contributed by atoms with Gasteiger partial charge in [0.15, 0.2) is 5.60 Å². The Kier molecular flexibility index (Phi) is 2.37. The molecule has 70 valence electrons. The molecule has 0 aliphatic carbocycles. The fourth-order valence-electron chi connectivity index (χ4n) is 1.02. The molecule has 1 aliphatic rings. The highest BCUT2D eigenvalue weighted by atomic mass is 127. The molecule has 13 heavy (non-hydrogen) atoms. The summed E-state index contributed by atoms with van der Waals surface area (Å²) in [5.74, 6) is 0. The molecule has 1 fully saturated rings. The molecule has 4 nitrogen and oxygen atoms in total. The summed E-state index contributed by atoms with van der Waals surface area (Å²) in [7, 11) is 0. The maximum Gasteiger partial charge on any atom is 0.317 e. The Labute approximate surface area is 89.8 Å². The lowest BCUT2D eigenvalue weighted by Crippen LogP contribution is -2.51. The smallest absolute Gasteiger partial charge is 0.317 e. The Balaban J connectivity index is 2.05. The number of halogens is 1. The summed E-state index contributed by atoms with van der Waals surface area (Å²) >= 11 is 2.15. The van der Waals surface area contributed by atoms with E-state index >= 15 is 0 Å². The average Bonchev–Trinajstić information content (AvgIpc) is 2.06. The van der Waals surface area contributed by atoms with Crippen LogP contribution in [0.2, 0.25) is 0 Å². The van der Waals surface area contributed by atoms with Gasteiger partial charge in [-0.1, -0.05) is 0 Å². The number of rotatable bonds is 2. The second-order valence-electron chi connectivity index (χ2n) is 3.23. The molecule has 2 heterocycles. The lowest BCUT2D eigenvalue weighted by molar-refractivity contribution is -0.153. The molecule has 0 atom stereocenters. The molecule has 1 aromatic heterocycles. The maximum absolute atomic E-state index is 5.54. The summed E-state index contributed by atoms with van der Waals surface area (Å²) in [6.45, 7) is 3.21. The molecular weight excluding hydrogens is 283 g/mol. The molecule has 0 spiro atoms. The highest BCUT2D eigenvalue weighted by Crippen LogP contribution is 2.21.